The summed E-state index contributed by atoms with van der Waals surface area (Å²) in [5.74, 6) is 0.322. The van der Waals surface area contributed by atoms with Gasteiger partial charge in [-0.1, -0.05) is 18.2 Å². The van der Waals surface area contributed by atoms with Crippen molar-refractivity contribution in [1.29, 1.82) is 0 Å². The summed E-state index contributed by atoms with van der Waals surface area (Å²) in [6.45, 7) is 3.82. The number of hydrogen-bond donors (Lipinski definition) is 2. The summed E-state index contributed by atoms with van der Waals surface area (Å²) < 4.78 is 27.1. The summed E-state index contributed by atoms with van der Waals surface area (Å²) in [6, 6.07) is 12.2. The first kappa shape index (κ1) is 15.5. The number of pyridine rings is 1. The van der Waals surface area contributed by atoms with Gasteiger partial charge in [-0.2, -0.15) is 0 Å². The fourth-order valence-electron chi connectivity index (χ4n) is 1.90. The SMILES string of the molecule is CNC(C)c1ccc(S(=O)(=O)Nc2cccc(C)n2)cc1. The van der Waals surface area contributed by atoms with Gasteiger partial charge in [0.1, 0.15) is 5.82 Å². The van der Waals surface area contributed by atoms with Crippen LogP contribution < -0.4 is 10.0 Å². The number of rotatable bonds is 5. The van der Waals surface area contributed by atoms with Crippen LogP contribution in [0.2, 0.25) is 0 Å². The fourth-order valence-corrected chi connectivity index (χ4v) is 2.90. The maximum atomic E-state index is 12.3. The highest BCUT2D eigenvalue weighted by molar-refractivity contribution is 7.92. The lowest BCUT2D eigenvalue weighted by molar-refractivity contribution is 0.600. The lowest BCUT2D eigenvalue weighted by atomic mass is 10.1. The van der Waals surface area contributed by atoms with Gasteiger partial charge in [-0.3, -0.25) is 4.72 Å². The Balaban J connectivity index is 2.23. The zero-order valence-electron chi connectivity index (χ0n) is 12.3. The topological polar surface area (TPSA) is 71.1 Å². The van der Waals surface area contributed by atoms with Gasteiger partial charge in [0.2, 0.25) is 0 Å². The average molecular weight is 305 g/mol. The molecule has 0 aliphatic heterocycles. The number of sulfonamides is 1. The van der Waals surface area contributed by atoms with E-state index in [4.69, 9.17) is 0 Å². The highest BCUT2D eigenvalue weighted by Gasteiger charge is 2.15. The quantitative estimate of drug-likeness (QED) is 0.890. The van der Waals surface area contributed by atoms with Crippen molar-refractivity contribution < 1.29 is 8.42 Å². The standard InChI is InChI=1S/C15H19N3O2S/c1-11-5-4-6-15(17-11)18-21(19,20)14-9-7-13(8-10-14)12(2)16-3/h4-10,12,16H,1-3H3,(H,17,18). The van der Waals surface area contributed by atoms with Crippen molar-refractivity contribution in [1.82, 2.24) is 10.3 Å². The number of nitrogens with one attached hydrogen (secondary N) is 2. The van der Waals surface area contributed by atoms with E-state index in [9.17, 15) is 8.42 Å². The second-order valence-corrected chi connectivity index (χ2v) is 6.53. The number of anilines is 1. The molecule has 1 unspecified atom stereocenters. The summed E-state index contributed by atoms with van der Waals surface area (Å²) in [5.41, 5.74) is 1.79. The first-order chi connectivity index (χ1) is 9.92. The van der Waals surface area contributed by atoms with Gasteiger partial charge in [-0.15, -0.1) is 0 Å². The molecule has 0 aliphatic carbocycles. The van der Waals surface area contributed by atoms with Gasteiger partial charge in [0.15, 0.2) is 0 Å². The van der Waals surface area contributed by atoms with Crippen molar-refractivity contribution >= 4 is 15.8 Å². The Bertz CT molecular complexity index is 712. The minimum atomic E-state index is -3.61. The monoisotopic (exact) mass is 305 g/mol. The largest absolute Gasteiger partial charge is 0.313 e. The molecule has 0 amide bonds. The van der Waals surface area contributed by atoms with E-state index in [1.807, 2.05) is 27.0 Å². The molecule has 1 atom stereocenters. The zero-order valence-corrected chi connectivity index (χ0v) is 13.1. The Morgan fingerprint density at radius 3 is 2.33 bits per heavy atom. The number of hydrogen-bond acceptors (Lipinski definition) is 4. The van der Waals surface area contributed by atoms with Gasteiger partial charge >= 0.3 is 0 Å². The number of benzene rings is 1. The maximum absolute atomic E-state index is 12.3. The Hall–Kier alpha value is -1.92. The molecule has 0 aliphatic rings. The molecule has 2 rings (SSSR count). The van der Waals surface area contributed by atoms with E-state index in [2.05, 4.69) is 15.0 Å². The van der Waals surface area contributed by atoms with E-state index in [0.717, 1.165) is 11.3 Å². The molecule has 112 valence electrons. The van der Waals surface area contributed by atoms with Crippen molar-refractivity contribution in [3.8, 4) is 0 Å². The Labute approximate surface area is 125 Å². The second kappa shape index (κ2) is 6.24. The molecule has 0 saturated heterocycles. The number of aryl methyl sites for hydroxylation is 1. The van der Waals surface area contributed by atoms with Gasteiger partial charge in [-0.25, -0.2) is 13.4 Å². The predicted octanol–water partition coefficient (Wildman–Crippen LogP) is 2.47. The van der Waals surface area contributed by atoms with Crippen molar-refractivity contribution in [3.05, 3.63) is 53.7 Å². The number of nitrogens with zero attached hydrogens (tertiary/aromatic N) is 1. The molecule has 0 bridgehead atoms. The van der Waals surface area contributed by atoms with Crippen molar-refractivity contribution in [2.45, 2.75) is 24.8 Å². The van der Waals surface area contributed by atoms with Crippen LogP contribution in [0.15, 0.2) is 47.4 Å². The molecule has 6 heteroatoms. The molecule has 0 radical (unpaired) electrons. The van der Waals surface area contributed by atoms with Gasteiger partial charge in [0.05, 0.1) is 4.90 Å². The van der Waals surface area contributed by atoms with Crippen molar-refractivity contribution in [2.75, 3.05) is 11.8 Å². The van der Waals surface area contributed by atoms with E-state index in [-0.39, 0.29) is 10.9 Å². The highest BCUT2D eigenvalue weighted by Crippen LogP contribution is 2.18. The molecule has 0 fully saturated rings. The summed E-state index contributed by atoms with van der Waals surface area (Å²) in [4.78, 5) is 4.36. The molecule has 1 aromatic heterocycles. The Kier molecular flexibility index (Phi) is 4.59. The van der Waals surface area contributed by atoms with Gasteiger partial charge in [0.25, 0.3) is 10.0 Å². The molecular formula is C15H19N3O2S. The van der Waals surface area contributed by atoms with Crippen LogP contribution in [0, 0.1) is 6.92 Å². The lowest BCUT2D eigenvalue weighted by Crippen LogP contribution is -2.15. The lowest BCUT2D eigenvalue weighted by Gasteiger charge is -2.12. The molecule has 2 aromatic rings. The van der Waals surface area contributed by atoms with Gasteiger partial charge < -0.3 is 5.32 Å². The minimum Gasteiger partial charge on any atom is -0.313 e. The third-order valence-electron chi connectivity index (χ3n) is 3.25. The van der Waals surface area contributed by atoms with Crippen LogP contribution >= 0.6 is 0 Å². The van der Waals surface area contributed by atoms with Crippen LogP contribution in [0.5, 0.6) is 0 Å². The molecule has 5 nitrogen and oxygen atoms in total. The van der Waals surface area contributed by atoms with Crippen LogP contribution in [0.1, 0.15) is 24.2 Å². The van der Waals surface area contributed by atoms with Crippen LogP contribution in [-0.4, -0.2) is 20.4 Å². The Morgan fingerprint density at radius 1 is 1.10 bits per heavy atom. The third kappa shape index (κ3) is 3.80. The molecule has 0 saturated carbocycles. The first-order valence-corrected chi connectivity index (χ1v) is 8.14. The van der Waals surface area contributed by atoms with Crippen LogP contribution in [0.25, 0.3) is 0 Å². The van der Waals surface area contributed by atoms with Crippen LogP contribution in [-0.2, 0) is 10.0 Å². The van der Waals surface area contributed by atoms with Crippen molar-refractivity contribution in [3.63, 3.8) is 0 Å². The van der Waals surface area contributed by atoms with Crippen LogP contribution in [0.4, 0.5) is 5.82 Å². The number of aromatic nitrogens is 1. The molecular weight excluding hydrogens is 286 g/mol. The normalized spacial score (nSPS) is 12.9. The van der Waals surface area contributed by atoms with Gasteiger partial charge in [-0.05, 0) is 50.7 Å². The highest BCUT2D eigenvalue weighted by atomic mass is 32.2. The van der Waals surface area contributed by atoms with Crippen molar-refractivity contribution in [2.24, 2.45) is 0 Å². The first-order valence-electron chi connectivity index (χ1n) is 6.66. The molecule has 21 heavy (non-hydrogen) atoms. The minimum absolute atomic E-state index is 0.174. The predicted molar refractivity (Wildman–Crippen MR) is 83.7 cm³/mol. The van der Waals surface area contributed by atoms with Gasteiger partial charge in [0, 0.05) is 11.7 Å². The van der Waals surface area contributed by atoms with E-state index >= 15 is 0 Å². The molecule has 2 N–H and O–H groups in total. The summed E-state index contributed by atoms with van der Waals surface area (Å²) in [6.07, 6.45) is 0. The Morgan fingerprint density at radius 2 is 1.76 bits per heavy atom. The zero-order chi connectivity index (χ0) is 15.5. The van der Waals surface area contributed by atoms with E-state index < -0.39 is 10.0 Å². The fraction of sp³-hybridized carbons (Fsp3) is 0.267. The van der Waals surface area contributed by atoms with E-state index in [1.165, 1.54) is 0 Å². The third-order valence-corrected chi connectivity index (χ3v) is 4.62. The molecule has 0 spiro atoms. The molecule has 1 aromatic carbocycles. The second-order valence-electron chi connectivity index (χ2n) is 4.85. The summed E-state index contributed by atoms with van der Waals surface area (Å²) in [5, 5.41) is 3.11. The summed E-state index contributed by atoms with van der Waals surface area (Å²) in [7, 11) is -1.75. The van der Waals surface area contributed by atoms with Crippen LogP contribution in [0.3, 0.4) is 0 Å². The summed E-state index contributed by atoms with van der Waals surface area (Å²) >= 11 is 0. The smallest absolute Gasteiger partial charge is 0.263 e. The van der Waals surface area contributed by atoms with E-state index in [0.29, 0.717) is 5.82 Å². The maximum Gasteiger partial charge on any atom is 0.263 e. The van der Waals surface area contributed by atoms with E-state index in [1.54, 1.807) is 36.4 Å². The average Bonchev–Trinajstić information content (AvgIpc) is 2.46. The molecule has 1 heterocycles.